The molecule has 0 N–H and O–H groups in total. The van der Waals surface area contributed by atoms with Crippen LogP contribution in [0.15, 0.2) is 18.4 Å². The first kappa shape index (κ1) is 9.46. The molecule has 0 saturated heterocycles. The second-order valence-corrected chi connectivity index (χ2v) is 1.57. The van der Waals surface area contributed by atoms with Crippen LogP contribution in [0.1, 0.15) is 6.92 Å². The molecule has 0 radical (unpaired) electrons. The highest BCUT2D eigenvalue weighted by Gasteiger charge is 1.96. The molecule has 0 spiro atoms. The minimum absolute atomic E-state index is 0.369. The summed E-state index contributed by atoms with van der Waals surface area (Å²) in [5.41, 5.74) is 2.22. The van der Waals surface area contributed by atoms with Crippen LogP contribution in [-0.4, -0.2) is 18.7 Å². The second-order valence-electron chi connectivity index (χ2n) is 1.57. The number of esters is 2. The van der Waals surface area contributed by atoms with Gasteiger partial charge >= 0.3 is 11.9 Å². The fourth-order valence-electron chi connectivity index (χ4n) is 0.296. The van der Waals surface area contributed by atoms with Gasteiger partial charge in [-0.05, 0) is 0 Å². The first-order chi connectivity index (χ1) is 5.16. The predicted octanol–water partition coefficient (Wildman–Crippen LogP) is 0.391. The lowest BCUT2D eigenvalue weighted by Crippen LogP contribution is -2.08. The summed E-state index contributed by atoms with van der Waals surface area (Å²) in [6, 6.07) is 0. The first-order valence-electron chi connectivity index (χ1n) is 2.82. The van der Waals surface area contributed by atoms with E-state index in [4.69, 9.17) is 0 Å². The van der Waals surface area contributed by atoms with Crippen molar-refractivity contribution in [2.75, 3.05) is 6.79 Å². The standard InChI is InChI=1S/C7H8O4/c1-3-4-7(9)11-5-10-6(2)8/h4H,1,5H2,2H3. The molecule has 4 heteroatoms. The summed E-state index contributed by atoms with van der Waals surface area (Å²) in [7, 11) is 0. The molecule has 0 aromatic rings. The van der Waals surface area contributed by atoms with Crippen molar-refractivity contribution < 1.29 is 19.1 Å². The average Bonchev–Trinajstić information content (AvgIpc) is 1.87. The Bertz CT molecular complexity index is 200. The van der Waals surface area contributed by atoms with E-state index in [0.29, 0.717) is 0 Å². The second kappa shape index (κ2) is 5.26. The van der Waals surface area contributed by atoms with Crippen LogP contribution in [-0.2, 0) is 19.1 Å². The van der Waals surface area contributed by atoms with Gasteiger partial charge in [0.15, 0.2) is 0 Å². The van der Waals surface area contributed by atoms with Gasteiger partial charge in [0.1, 0.15) is 0 Å². The van der Waals surface area contributed by atoms with Crippen molar-refractivity contribution in [3.8, 4) is 0 Å². The van der Waals surface area contributed by atoms with Crippen LogP contribution in [0.25, 0.3) is 0 Å². The first-order valence-corrected chi connectivity index (χ1v) is 2.82. The van der Waals surface area contributed by atoms with Gasteiger partial charge in [-0.25, -0.2) is 4.79 Å². The molecule has 4 nitrogen and oxygen atoms in total. The normalized spacial score (nSPS) is 7.73. The molecule has 0 fully saturated rings. The lowest BCUT2D eigenvalue weighted by Gasteiger charge is -1.99. The average molecular weight is 156 g/mol. The zero-order valence-corrected chi connectivity index (χ0v) is 6.12. The Morgan fingerprint density at radius 1 is 1.55 bits per heavy atom. The van der Waals surface area contributed by atoms with Crippen molar-refractivity contribution in [2.24, 2.45) is 0 Å². The van der Waals surface area contributed by atoms with Gasteiger partial charge in [0, 0.05) is 6.92 Å². The summed E-state index contributed by atoms with van der Waals surface area (Å²) in [4.78, 5) is 20.6. The van der Waals surface area contributed by atoms with Gasteiger partial charge in [-0.1, -0.05) is 6.58 Å². The molecule has 0 atom stereocenters. The van der Waals surface area contributed by atoms with Crippen molar-refractivity contribution in [2.45, 2.75) is 6.92 Å². The van der Waals surface area contributed by atoms with Crippen LogP contribution in [0, 0.1) is 0 Å². The zero-order chi connectivity index (χ0) is 8.69. The van der Waals surface area contributed by atoms with E-state index in [2.05, 4.69) is 21.8 Å². The Labute approximate surface area is 64.1 Å². The number of hydrogen-bond acceptors (Lipinski definition) is 4. The molecule has 0 aliphatic carbocycles. The molecule has 0 aliphatic rings. The summed E-state index contributed by atoms with van der Waals surface area (Å²) >= 11 is 0. The molecule has 0 aromatic carbocycles. The summed E-state index contributed by atoms with van der Waals surface area (Å²) in [6.07, 6.45) is 1.00. The van der Waals surface area contributed by atoms with Crippen LogP contribution in [0.5, 0.6) is 0 Å². The Kier molecular flexibility index (Phi) is 4.52. The van der Waals surface area contributed by atoms with Crippen molar-refractivity contribution in [3.05, 3.63) is 18.4 Å². The minimum Gasteiger partial charge on any atom is -0.428 e. The van der Waals surface area contributed by atoms with Crippen LogP contribution in [0.4, 0.5) is 0 Å². The van der Waals surface area contributed by atoms with Gasteiger partial charge in [0.2, 0.25) is 6.79 Å². The van der Waals surface area contributed by atoms with E-state index in [0.717, 1.165) is 6.08 Å². The molecule has 60 valence electrons. The van der Waals surface area contributed by atoms with E-state index in [9.17, 15) is 9.59 Å². The van der Waals surface area contributed by atoms with E-state index in [-0.39, 0.29) is 6.79 Å². The molecule has 0 saturated carbocycles. The largest absolute Gasteiger partial charge is 0.428 e. The number of ether oxygens (including phenoxy) is 2. The van der Waals surface area contributed by atoms with Crippen LogP contribution in [0.3, 0.4) is 0 Å². The molecule has 0 aliphatic heterocycles. The Morgan fingerprint density at radius 2 is 2.18 bits per heavy atom. The maximum absolute atomic E-state index is 10.5. The number of hydrogen-bond donors (Lipinski definition) is 0. The summed E-state index contributed by atoms with van der Waals surface area (Å²) in [5.74, 6) is -1.14. The van der Waals surface area contributed by atoms with Gasteiger partial charge < -0.3 is 9.47 Å². The quantitative estimate of drug-likeness (QED) is 0.257. The van der Waals surface area contributed by atoms with Crippen LogP contribution in [0.2, 0.25) is 0 Å². The van der Waals surface area contributed by atoms with E-state index >= 15 is 0 Å². The van der Waals surface area contributed by atoms with E-state index in [1.54, 1.807) is 0 Å². The van der Waals surface area contributed by atoms with E-state index in [1.807, 2.05) is 0 Å². The van der Waals surface area contributed by atoms with Gasteiger partial charge in [-0.2, -0.15) is 0 Å². The maximum atomic E-state index is 10.5. The lowest BCUT2D eigenvalue weighted by molar-refractivity contribution is -0.162. The van der Waals surface area contributed by atoms with Gasteiger partial charge in [0.25, 0.3) is 0 Å². The molecule has 0 amide bonds. The third-order valence-electron chi connectivity index (χ3n) is 0.683. The number of carbonyl (C=O) groups excluding carboxylic acids is 2. The van der Waals surface area contributed by atoms with Crippen LogP contribution >= 0.6 is 0 Å². The minimum atomic E-state index is -0.638. The fraction of sp³-hybridized carbons (Fsp3) is 0.286. The smallest absolute Gasteiger partial charge is 0.341 e. The Hall–Kier alpha value is -1.54. The highest BCUT2D eigenvalue weighted by molar-refractivity contribution is 5.81. The van der Waals surface area contributed by atoms with Gasteiger partial charge in [0.05, 0.1) is 6.08 Å². The topological polar surface area (TPSA) is 52.6 Å². The third-order valence-corrected chi connectivity index (χ3v) is 0.683. The Morgan fingerprint density at radius 3 is 2.64 bits per heavy atom. The Balaban J connectivity index is 3.47. The van der Waals surface area contributed by atoms with Crippen molar-refractivity contribution in [1.82, 2.24) is 0 Å². The van der Waals surface area contributed by atoms with Crippen molar-refractivity contribution in [3.63, 3.8) is 0 Å². The SMILES string of the molecule is C=C=CC(=O)OCOC(C)=O. The molecule has 0 unspecified atom stereocenters. The van der Waals surface area contributed by atoms with E-state index in [1.165, 1.54) is 6.92 Å². The highest BCUT2D eigenvalue weighted by atomic mass is 16.7. The predicted molar refractivity (Wildman–Crippen MR) is 36.4 cm³/mol. The summed E-state index contributed by atoms with van der Waals surface area (Å²) in [5, 5.41) is 0. The molecular formula is C7H8O4. The van der Waals surface area contributed by atoms with Crippen molar-refractivity contribution in [1.29, 1.82) is 0 Å². The number of carbonyl (C=O) groups is 2. The fourth-order valence-corrected chi connectivity index (χ4v) is 0.296. The lowest BCUT2D eigenvalue weighted by atomic mass is 10.6. The molecule has 0 heterocycles. The van der Waals surface area contributed by atoms with Gasteiger partial charge in [-0.3, -0.25) is 4.79 Å². The molecular weight excluding hydrogens is 148 g/mol. The maximum Gasteiger partial charge on any atom is 0.341 e. The number of rotatable bonds is 3. The third kappa shape index (κ3) is 6.34. The molecule has 0 rings (SSSR count). The summed E-state index contributed by atoms with van der Waals surface area (Å²) < 4.78 is 8.66. The summed E-state index contributed by atoms with van der Waals surface area (Å²) in [6.45, 7) is 4.01. The van der Waals surface area contributed by atoms with E-state index < -0.39 is 11.9 Å². The van der Waals surface area contributed by atoms with Crippen molar-refractivity contribution >= 4 is 11.9 Å². The zero-order valence-electron chi connectivity index (χ0n) is 6.12. The molecule has 0 bridgehead atoms. The molecule has 11 heavy (non-hydrogen) atoms. The van der Waals surface area contributed by atoms with Crippen LogP contribution < -0.4 is 0 Å². The monoisotopic (exact) mass is 156 g/mol. The highest BCUT2D eigenvalue weighted by Crippen LogP contribution is 1.82. The van der Waals surface area contributed by atoms with Gasteiger partial charge in [-0.15, -0.1) is 5.73 Å². The molecule has 0 aromatic heterocycles.